The number of nitrogens with two attached hydrogens (primary N) is 1. The number of benzene rings is 1. The third-order valence-corrected chi connectivity index (χ3v) is 3.27. The smallest absolute Gasteiger partial charge is 0.129 e. The summed E-state index contributed by atoms with van der Waals surface area (Å²) in [5, 5.41) is 4.91. The number of rotatable bonds is 1. The summed E-state index contributed by atoms with van der Waals surface area (Å²) in [4.78, 5) is 0. The van der Waals surface area contributed by atoms with Crippen molar-refractivity contribution in [2.45, 2.75) is 13.8 Å². The minimum Gasteiger partial charge on any atom is -0.383 e. The summed E-state index contributed by atoms with van der Waals surface area (Å²) in [7, 11) is 1.83. The molecule has 0 amide bonds. The van der Waals surface area contributed by atoms with Crippen LogP contribution < -0.4 is 5.73 Å². The lowest BCUT2D eigenvalue weighted by atomic mass is 9.97. The molecule has 0 saturated carbocycles. The van der Waals surface area contributed by atoms with Crippen LogP contribution in [0.25, 0.3) is 11.1 Å². The number of anilines is 1. The summed E-state index contributed by atoms with van der Waals surface area (Å²) < 4.78 is 1.66. The van der Waals surface area contributed by atoms with Gasteiger partial charge in [-0.05, 0) is 36.6 Å². The van der Waals surface area contributed by atoms with Gasteiger partial charge in [0.1, 0.15) is 5.82 Å². The summed E-state index contributed by atoms with van der Waals surface area (Å²) >= 11 is 6.13. The first-order chi connectivity index (χ1) is 7.52. The topological polar surface area (TPSA) is 43.8 Å². The third-order valence-electron chi connectivity index (χ3n) is 2.86. The van der Waals surface area contributed by atoms with E-state index in [4.69, 9.17) is 17.3 Å². The highest BCUT2D eigenvalue weighted by Gasteiger charge is 2.13. The van der Waals surface area contributed by atoms with Gasteiger partial charge >= 0.3 is 0 Å². The van der Waals surface area contributed by atoms with Crippen LogP contribution in [0.3, 0.4) is 0 Å². The van der Waals surface area contributed by atoms with Crippen LogP contribution >= 0.6 is 11.6 Å². The predicted molar refractivity (Wildman–Crippen MR) is 67.5 cm³/mol. The van der Waals surface area contributed by atoms with Crippen molar-refractivity contribution in [3.8, 4) is 11.1 Å². The lowest BCUT2D eigenvalue weighted by molar-refractivity contribution is 0.779. The van der Waals surface area contributed by atoms with Crippen molar-refractivity contribution in [1.29, 1.82) is 0 Å². The second kappa shape index (κ2) is 3.83. The molecule has 1 heterocycles. The monoisotopic (exact) mass is 235 g/mol. The van der Waals surface area contributed by atoms with Crippen molar-refractivity contribution in [3.05, 3.63) is 34.5 Å². The molecule has 1 aromatic heterocycles. The molecule has 16 heavy (non-hydrogen) atoms. The van der Waals surface area contributed by atoms with E-state index in [1.54, 1.807) is 10.9 Å². The number of aryl methyl sites for hydroxylation is 2. The van der Waals surface area contributed by atoms with Crippen LogP contribution in [0.15, 0.2) is 18.3 Å². The maximum absolute atomic E-state index is 6.13. The minimum absolute atomic E-state index is 0.661. The van der Waals surface area contributed by atoms with Crippen LogP contribution in [0.2, 0.25) is 5.02 Å². The second-order valence-corrected chi connectivity index (χ2v) is 4.34. The van der Waals surface area contributed by atoms with E-state index in [2.05, 4.69) is 5.10 Å². The van der Waals surface area contributed by atoms with E-state index in [9.17, 15) is 0 Å². The number of nitrogens with zero attached hydrogens (tertiary/aromatic N) is 2. The molecule has 0 saturated heterocycles. The summed E-state index contributed by atoms with van der Waals surface area (Å²) in [5.41, 5.74) is 10.2. The Kier molecular flexibility index (Phi) is 2.64. The van der Waals surface area contributed by atoms with Gasteiger partial charge in [-0.15, -0.1) is 0 Å². The summed E-state index contributed by atoms with van der Waals surface area (Å²) in [6.07, 6.45) is 1.78. The standard InChI is InChI=1S/C12H14ClN3/c1-7-4-5-10(13)8(2)11(7)9-6-15-16(3)12(9)14/h4-6H,14H2,1-3H3. The zero-order chi connectivity index (χ0) is 11.9. The molecule has 0 aliphatic carbocycles. The highest BCUT2D eigenvalue weighted by Crippen LogP contribution is 2.34. The van der Waals surface area contributed by atoms with Gasteiger partial charge in [-0.25, -0.2) is 0 Å². The Morgan fingerprint density at radius 3 is 2.56 bits per heavy atom. The number of halogens is 1. The van der Waals surface area contributed by atoms with Gasteiger partial charge in [0, 0.05) is 17.6 Å². The minimum atomic E-state index is 0.661. The number of hydrogen-bond donors (Lipinski definition) is 1. The molecular formula is C12H14ClN3. The van der Waals surface area contributed by atoms with E-state index in [1.165, 1.54) is 0 Å². The second-order valence-electron chi connectivity index (χ2n) is 3.93. The number of nitrogen functional groups attached to an aromatic ring is 1. The van der Waals surface area contributed by atoms with E-state index in [0.717, 1.165) is 27.3 Å². The molecule has 0 atom stereocenters. The van der Waals surface area contributed by atoms with Crippen molar-refractivity contribution in [3.63, 3.8) is 0 Å². The first-order valence-electron chi connectivity index (χ1n) is 5.06. The predicted octanol–water partition coefficient (Wildman–Crippen LogP) is 2.94. The average Bonchev–Trinajstić information content (AvgIpc) is 2.56. The van der Waals surface area contributed by atoms with Gasteiger partial charge in [-0.3, -0.25) is 4.68 Å². The largest absolute Gasteiger partial charge is 0.383 e. The summed E-state index contributed by atoms with van der Waals surface area (Å²) in [5.74, 6) is 0.661. The lowest BCUT2D eigenvalue weighted by Gasteiger charge is -2.10. The fourth-order valence-corrected chi connectivity index (χ4v) is 2.03. The lowest BCUT2D eigenvalue weighted by Crippen LogP contribution is -1.99. The fraction of sp³-hybridized carbons (Fsp3) is 0.250. The van der Waals surface area contributed by atoms with Gasteiger partial charge in [-0.2, -0.15) is 5.10 Å². The van der Waals surface area contributed by atoms with Gasteiger partial charge in [-0.1, -0.05) is 17.7 Å². The van der Waals surface area contributed by atoms with Gasteiger partial charge in [0.25, 0.3) is 0 Å². The molecule has 2 aromatic rings. The summed E-state index contributed by atoms with van der Waals surface area (Å²) in [6.45, 7) is 4.04. The molecule has 0 aliphatic rings. The molecule has 3 nitrogen and oxygen atoms in total. The maximum atomic E-state index is 6.13. The first-order valence-corrected chi connectivity index (χ1v) is 5.43. The van der Waals surface area contributed by atoms with E-state index in [1.807, 2.05) is 33.0 Å². The molecule has 2 N–H and O–H groups in total. The maximum Gasteiger partial charge on any atom is 0.129 e. The van der Waals surface area contributed by atoms with Crippen molar-refractivity contribution in [1.82, 2.24) is 9.78 Å². The Morgan fingerprint density at radius 1 is 1.31 bits per heavy atom. The van der Waals surface area contributed by atoms with Gasteiger partial charge in [0.15, 0.2) is 0 Å². The van der Waals surface area contributed by atoms with E-state index in [-0.39, 0.29) is 0 Å². The molecule has 0 fully saturated rings. The summed E-state index contributed by atoms with van der Waals surface area (Å²) in [6, 6.07) is 3.90. The molecular weight excluding hydrogens is 222 g/mol. The highest BCUT2D eigenvalue weighted by molar-refractivity contribution is 6.31. The Bertz CT molecular complexity index is 543. The molecule has 0 spiro atoms. The first kappa shape index (κ1) is 11.0. The molecule has 0 bridgehead atoms. The average molecular weight is 236 g/mol. The number of aromatic nitrogens is 2. The zero-order valence-electron chi connectivity index (χ0n) is 9.58. The normalized spacial score (nSPS) is 10.8. The van der Waals surface area contributed by atoms with Crippen LogP contribution in [-0.4, -0.2) is 9.78 Å². The van der Waals surface area contributed by atoms with E-state index < -0.39 is 0 Å². The van der Waals surface area contributed by atoms with Crippen molar-refractivity contribution in [2.75, 3.05) is 5.73 Å². The van der Waals surface area contributed by atoms with Crippen molar-refractivity contribution < 1.29 is 0 Å². The molecule has 0 unspecified atom stereocenters. The molecule has 4 heteroatoms. The molecule has 84 valence electrons. The molecule has 2 rings (SSSR count). The Balaban J connectivity index is 2.73. The van der Waals surface area contributed by atoms with Crippen LogP contribution in [-0.2, 0) is 7.05 Å². The zero-order valence-corrected chi connectivity index (χ0v) is 10.3. The van der Waals surface area contributed by atoms with E-state index in [0.29, 0.717) is 5.82 Å². The van der Waals surface area contributed by atoms with Crippen LogP contribution in [0, 0.1) is 13.8 Å². The van der Waals surface area contributed by atoms with Gasteiger partial charge in [0.05, 0.1) is 6.20 Å². The van der Waals surface area contributed by atoms with Crippen molar-refractivity contribution >= 4 is 17.4 Å². The molecule has 1 aromatic carbocycles. The highest BCUT2D eigenvalue weighted by atomic mass is 35.5. The third kappa shape index (κ3) is 1.57. The van der Waals surface area contributed by atoms with Gasteiger partial charge in [0.2, 0.25) is 0 Å². The SMILES string of the molecule is Cc1ccc(Cl)c(C)c1-c1cnn(C)c1N. The molecule has 0 radical (unpaired) electrons. The Labute approximate surface area is 99.8 Å². The number of hydrogen-bond acceptors (Lipinski definition) is 2. The van der Waals surface area contributed by atoms with Crippen LogP contribution in [0.5, 0.6) is 0 Å². The Morgan fingerprint density at radius 2 is 2.00 bits per heavy atom. The molecule has 0 aliphatic heterocycles. The van der Waals surface area contributed by atoms with E-state index >= 15 is 0 Å². The fourth-order valence-electron chi connectivity index (χ4n) is 1.88. The van der Waals surface area contributed by atoms with Crippen molar-refractivity contribution in [2.24, 2.45) is 7.05 Å². The van der Waals surface area contributed by atoms with Crippen LogP contribution in [0.1, 0.15) is 11.1 Å². The van der Waals surface area contributed by atoms with Gasteiger partial charge < -0.3 is 5.73 Å². The quantitative estimate of drug-likeness (QED) is 0.826. The Hall–Kier alpha value is -1.48. The van der Waals surface area contributed by atoms with Crippen LogP contribution in [0.4, 0.5) is 5.82 Å².